The van der Waals surface area contributed by atoms with Crippen LogP contribution in [-0.4, -0.2) is 64.0 Å². The topological polar surface area (TPSA) is 84.2 Å². The Kier molecular flexibility index (Phi) is 5.16. The maximum absolute atomic E-state index is 12.2. The molecule has 1 aliphatic rings. The van der Waals surface area contributed by atoms with Crippen molar-refractivity contribution in [1.82, 2.24) is 28.4 Å². The van der Waals surface area contributed by atoms with Crippen molar-refractivity contribution in [2.45, 2.75) is 26.3 Å². The average molecular weight is 364 g/mol. The summed E-state index contributed by atoms with van der Waals surface area (Å²) in [5, 5.41) is 4.27. The van der Waals surface area contributed by atoms with E-state index in [1.807, 2.05) is 17.7 Å². The zero-order valence-corrected chi connectivity index (χ0v) is 15.6. The van der Waals surface area contributed by atoms with Crippen molar-refractivity contribution >= 4 is 10.2 Å². The lowest BCUT2D eigenvalue weighted by atomic mass is 10.0. The zero-order chi connectivity index (χ0) is 18.0. The number of hydrogen-bond acceptors (Lipinski definition) is 5. The first-order valence-electron chi connectivity index (χ1n) is 8.42. The molecule has 1 atom stereocenters. The first-order chi connectivity index (χ1) is 11.9. The third-order valence-corrected chi connectivity index (χ3v) is 6.40. The van der Waals surface area contributed by atoms with Crippen molar-refractivity contribution in [1.29, 1.82) is 0 Å². The molecule has 3 heterocycles. The zero-order valence-electron chi connectivity index (χ0n) is 14.8. The molecule has 1 aliphatic heterocycles. The van der Waals surface area contributed by atoms with Crippen LogP contribution in [0.25, 0.3) is 11.4 Å². The van der Waals surface area contributed by atoms with Crippen LogP contribution in [0.1, 0.15) is 19.0 Å². The normalized spacial score (nSPS) is 19.0. The molecule has 1 fully saturated rings. The quantitative estimate of drug-likeness (QED) is 0.764. The van der Waals surface area contributed by atoms with E-state index < -0.39 is 10.2 Å². The monoisotopic (exact) mass is 364 g/mol. The molecule has 9 heteroatoms. The first kappa shape index (κ1) is 18.0. The molecule has 0 aliphatic carbocycles. The van der Waals surface area contributed by atoms with Gasteiger partial charge in [-0.05, 0) is 31.7 Å². The van der Waals surface area contributed by atoms with Gasteiger partial charge in [0.2, 0.25) is 0 Å². The lowest BCUT2D eigenvalue weighted by Gasteiger charge is -2.20. The third-order valence-electron chi connectivity index (χ3n) is 4.50. The van der Waals surface area contributed by atoms with E-state index in [0.29, 0.717) is 13.1 Å². The lowest BCUT2D eigenvalue weighted by molar-refractivity contribution is 0.409. The molecule has 8 nitrogen and oxygen atoms in total. The molecular formula is C16H24N6O2S. The second-order valence-electron chi connectivity index (χ2n) is 6.43. The van der Waals surface area contributed by atoms with E-state index in [1.54, 1.807) is 37.0 Å². The summed E-state index contributed by atoms with van der Waals surface area (Å²) in [5.41, 5.74) is 2.63. The van der Waals surface area contributed by atoms with Gasteiger partial charge in [0, 0.05) is 46.1 Å². The summed E-state index contributed by atoms with van der Waals surface area (Å²) in [7, 11) is -0.207. The highest BCUT2D eigenvalue weighted by Crippen LogP contribution is 2.24. The van der Waals surface area contributed by atoms with Gasteiger partial charge in [-0.25, -0.2) is 4.98 Å². The van der Waals surface area contributed by atoms with Crippen LogP contribution in [0.2, 0.25) is 0 Å². The average Bonchev–Trinajstić information content (AvgIpc) is 3.24. The summed E-state index contributed by atoms with van der Waals surface area (Å²) >= 11 is 0. The largest absolute Gasteiger partial charge is 0.281 e. The molecular weight excluding hydrogens is 340 g/mol. The molecule has 136 valence electrons. The van der Waals surface area contributed by atoms with Crippen LogP contribution in [0.4, 0.5) is 0 Å². The minimum atomic E-state index is -3.34. The Hall–Kier alpha value is -1.84. The fourth-order valence-corrected chi connectivity index (χ4v) is 4.33. The fraction of sp³-hybridized carbons (Fsp3) is 0.562. The molecule has 0 amide bonds. The molecule has 2 aromatic heterocycles. The van der Waals surface area contributed by atoms with Crippen molar-refractivity contribution in [3.8, 4) is 11.4 Å². The fourth-order valence-electron chi connectivity index (χ4n) is 3.13. The van der Waals surface area contributed by atoms with Gasteiger partial charge in [-0.2, -0.15) is 22.1 Å². The van der Waals surface area contributed by atoms with Crippen LogP contribution in [0.5, 0.6) is 0 Å². The molecule has 3 rings (SSSR count). The molecule has 0 spiro atoms. The molecule has 0 radical (unpaired) electrons. The van der Waals surface area contributed by atoms with E-state index in [1.165, 1.54) is 4.31 Å². The Morgan fingerprint density at radius 2 is 2.12 bits per heavy atom. The second-order valence-corrected chi connectivity index (χ2v) is 8.58. The molecule has 0 bridgehead atoms. The summed E-state index contributed by atoms with van der Waals surface area (Å²) in [6.45, 7) is 3.89. The van der Waals surface area contributed by atoms with Crippen LogP contribution in [0.3, 0.4) is 0 Å². The van der Waals surface area contributed by atoms with E-state index in [0.717, 1.165) is 36.5 Å². The van der Waals surface area contributed by atoms with Gasteiger partial charge in [0.15, 0.2) is 0 Å². The minimum absolute atomic E-state index is 0.260. The highest BCUT2D eigenvalue weighted by molar-refractivity contribution is 7.86. The Labute approximate surface area is 148 Å². The van der Waals surface area contributed by atoms with E-state index in [-0.39, 0.29) is 5.92 Å². The first-order valence-corrected chi connectivity index (χ1v) is 9.82. The number of rotatable bonds is 6. The lowest BCUT2D eigenvalue weighted by Crippen LogP contribution is -2.38. The number of hydrogen-bond donors (Lipinski definition) is 0. The van der Waals surface area contributed by atoms with Gasteiger partial charge in [0.05, 0.1) is 17.6 Å². The maximum atomic E-state index is 12.2. The summed E-state index contributed by atoms with van der Waals surface area (Å²) in [6.07, 6.45) is 6.82. The molecule has 1 saturated heterocycles. The van der Waals surface area contributed by atoms with Gasteiger partial charge in [-0.3, -0.25) is 9.67 Å². The molecule has 2 aromatic rings. The van der Waals surface area contributed by atoms with Gasteiger partial charge in [0.1, 0.15) is 5.69 Å². The van der Waals surface area contributed by atoms with Gasteiger partial charge < -0.3 is 0 Å². The van der Waals surface area contributed by atoms with Crippen LogP contribution in [0.15, 0.2) is 24.7 Å². The van der Waals surface area contributed by atoms with Crippen LogP contribution < -0.4 is 0 Å². The van der Waals surface area contributed by atoms with Gasteiger partial charge >= 0.3 is 0 Å². The van der Waals surface area contributed by atoms with Gasteiger partial charge in [-0.1, -0.05) is 0 Å². The number of aromatic nitrogens is 4. The summed E-state index contributed by atoms with van der Waals surface area (Å²) in [5.74, 6) is 0.260. The van der Waals surface area contributed by atoms with Gasteiger partial charge in [-0.15, -0.1) is 0 Å². The van der Waals surface area contributed by atoms with Crippen molar-refractivity contribution < 1.29 is 8.42 Å². The van der Waals surface area contributed by atoms with E-state index in [9.17, 15) is 8.42 Å². The minimum Gasteiger partial charge on any atom is -0.264 e. The van der Waals surface area contributed by atoms with E-state index in [2.05, 4.69) is 10.1 Å². The van der Waals surface area contributed by atoms with Crippen molar-refractivity contribution in [2.24, 2.45) is 5.92 Å². The second kappa shape index (κ2) is 7.19. The van der Waals surface area contributed by atoms with Crippen LogP contribution >= 0.6 is 0 Å². The van der Waals surface area contributed by atoms with Crippen molar-refractivity contribution in [3.63, 3.8) is 0 Å². The standard InChI is InChI=1S/C16H24N6O2S/c1-4-22-16(5-7-18-22)15-11-17-10-14(19-15)9-13-6-8-21(12-13)25(23,24)20(2)3/h5,7,10-11,13H,4,6,8-9,12H2,1-3H3. The SMILES string of the molecule is CCn1nccc1-c1cncc(CC2CCN(S(=O)(=O)N(C)C)C2)n1. The molecule has 0 aromatic carbocycles. The Morgan fingerprint density at radius 1 is 1.32 bits per heavy atom. The highest BCUT2D eigenvalue weighted by Gasteiger charge is 2.32. The van der Waals surface area contributed by atoms with Crippen molar-refractivity contribution in [2.75, 3.05) is 27.2 Å². The summed E-state index contributed by atoms with van der Waals surface area (Å²) < 4.78 is 29.1. The highest BCUT2D eigenvalue weighted by atomic mass is 32.2. The van der Waals surface area contributed by atoms with Gasteiger partial charge in [0.25, 0.3) is 10.2 Å². The predicted molar refractivity (Wildman–Crippen MR) is 94.9 cm³/mol. The number of aryl methyl sites for hydroxylation is 1. The van der Waals surface area contributed by atoms with Crippen LogP contribution in [0, 0.1) is 5.92 Å². The smallest absolute Gasteiger partial charge is 0.264 e. The van der Waals surface area contributed by atoms with Crippen LogP contribution in [-0.2, 0) is 23.2 Å². The summed E-state index contributed by atoms with van der Waals surface area (Å²) in [6, 6.07) is 1.93. The molecule has 0 saturated carbocycles. The molecule has 0 N–H and O–H groups in total. The summed E-state index contributed by atoms with van der Waals surface area (Å²) in [4.78, 5) is 9.02. The van der Waals surface area contributed by atoms with E-state index >= 15 is 0 Å². The Morgan fingerprint density at radius 3 is 2.84 bits per heavy atom. The molecule has 1 unspecified atom stereocenters. The molecule has 25 heavy (non-hydrogen) atoms. The predicted octanol–water partition coefficient (Wildman–Crippen LogP) is 1.03. The van der Waals surface area contributed by atoms with Crippen molar-refractivity contribution in [3.05, 3.63) is 30.4 Å². The number of nitrogens with zero attached hydrogens (tertiary/aromatic N) is 6. The van der Waals surface area contributed by atoms with E-state index in [4.69, 9.17) is 4.98 Å². The maximum Gasteiger partial charge on any atom is 0.281 e. The Balaban J connectivity index is 1.72. The third kappa shape index (κ3) is 3.73. The Bertz CT molecular complexity index is 833.